The number of piperidine rings is 1. The standard InChI is InChI=1S/C21H25ClN2O3S/c1-15-9-11-24(12-10-15)28(26,27)18-7-8-20(22)19(13-18)21(25)23-14-17-6-4-3-5-16(17)2/h3-8,13,15H,9-12,14H2,1-2H3,(H,23,25). The van der Waals surface area contributed by atoms with Crippen molar-refractivity contribution in [2.75, 3.05) is 13.1 Å². The first-order valence-corrected chi connectivity index (χ1v) is 11.2. The molecule has 0 bridgehead atoms. The third-order valence-electron chi connectivity index (χ3n) is 5.26. The van der Waals surface area contributed by atoms with Crippen molar-refractivity contribution in [3.05, 3.63) is 64.2 Å². The van der Waals surface area contributed by atoms with Crippen molar-refractivity contribution in [3.8, 4) is 0 Å². The highest BCUT2D eigenvalue weighted by Crippen LogP contribution is 2.26. The van der Waals surface area contributed by atoms with E-state index in [1.54, 1.807) is 0 Å². The predicted molar refractivity (Wildman–Crippen MR) is 111 cm³/mol. The molecule has 1 amide bonds. The van der Waals surface area contributed by atoms with Crippen LogP contribution in [0.4, 0.5) is 0 Å². The van der Waals surface area contributed by atoms with E-state index in [0.717, 1.165) is 24.0 Å². The first-order chi connectivity index (χ1) is 13.3. The number of amides is 1. The summed E-state index contributed by atoms with van der Waals surface area (Å²) in [6.07, 6.45) is 1.69. The molecule has 28 heavy (non-hydrogen) atoms. The van der Waals surface area contributed by atoms with Gasteiger partial charge in [-0.15, -0.1) is 0 Å². The molecule has 0 aromatic heterocycles. The van der Waals surface area contributed by atoms with Gasteiger partial charge in [0.1, 0.15) is 0 Å². The third-order valence-corrected chi connectivity index (χ3v) is 7.49. The number of benzene rings is 2. The highest BCUT2D eigenvalue weighted by Gasteiger charge is 2.29. The Labute approximate surface area is 171 Å². The Bertz CT molecular complexity index is 967. The lowest BCUT2D eigenvalue weighted by Crippen LogP contribution is -2.38. The van der Waals surface area contributed by atoms with E-state index < -0.39 is 15.9 Å². The number of carbonyl (C=O) groups excluding carboxylic acids is 1. The van der Waals surface area contributed by atoms with Crippen LogP contribution in [0.3, 0.4) is 0 Å². The molecule has 2 aromatic rings. The van der Waals surface area contributed by atoms with Crippen LogP contribution in [0.2, 0.25) is 5.02 Å². The van der Waals surface area contributed by atoms with Gasteiger partial charge in [0.25, 0.3) is 5.91 Å². The summed E-state index contributed by atoms with van der Waals surface area (Å²) >= 11 is 6.19. The summed E-state index contributed by atoms with van der Waals surface area (Å²) < 4.78 is 27.4. The molecule has 0 atom stereocenters. The number of carbonyl (C=O) groups is 1. The van der Waals surface area contributed by atoms with Gasteiger partial charge in [-0.05, 0) is 55.0 Å². The van der Waals surface area contributed by atoms with Crippen molar-refractivity contribution in [3.63, 3.8) is 0 Å². The van der Waals surface area contributed by atoms with Crippen molar-refractivity contribution in [2.24, 2.45) is 5.92 Å². The fourth-order valence-electron chi connectivity index (χ4n) is 3.29. The first-order valence-electron chi connectivity index (χ1n) is 9.41. The number of nitrogens with one attached hydrogen (secondary N) is 1. The van der Waals surface area contributed by atoms with Gasteiger partial charge in [-0.1, -0.05) is 42.8 Å². The number of nitrogens with zero attached hydrogens (tertiary/aromatic N) is 1. The van der Waals surface area contributed by atoms with Gasteiger partial charge in [-0.3, -0.25) is 4.79 Å². The van der Waals surface area contributed by atoms with Gasteiger partial charge >= 0.3 is 0 Å². The maximum absolute atomic E-state index is 13.0. The maximum atomic E-state index is 13.0. The van der Waals surface area contributed by atoms with Gasteiger partial charge in [0, 0.05) is 19.6 Å². The average Bonchev–Trinajstić information content (AvgIpc) is 2.67. The Morgan fingerprint density at radius 2 is 1.86 bits per heavy atom. The van der Waals surface area contributed by atoms with E-state index in [0.29, 0.717) is 25.6 Å². The summed E-state index contributed by atoms with van der Waals surface area (Å²) in [5.41, 5.74) is 2.24. The monoisotopic (exact) mass is 420 g/mol. The molecule has 5 nitrogen and oxygen atoms in total. The summed E-state index contributed by atoms with van der Waals surface area (Å²) in [5.74, 6) is 0.136. The molecule has 1 saturated heterocycles. The molecule has 1 aliphatic heterocycles. The van der Waals surface area contributed by atoms with Crippen LogP contribution in [-0.4, -0.2) is 31.7 Å². The molecule has 1 fully saturated rings. The number of halogens is 1. The second-order valence-electron chi connectivity index (χ2n) is 7.34. The van der Waals surface area contributed by atoms with Crippen LogP contribution in [0.1, 0.15) is 41.3 Å². The highest BCUT2D eigenvalue weighted by atomic mass is 35.5. The fourth-order valence-corrected chi connectivity index (χ4v) is 4.99. The molecular weight excluding hydrogens is 396 g/mol. The molecule has 0 saturated carbocycles. The van der Waals surface area contributed by atoms with Crippen LogP contribution in [0.25, 0.3) is 0 Å². The average molecular weight is 421 g/mol. The van der Waals surface area contributed by atoms with Crippen molar-refractivity contribution in [1.29, 1.82) is 0 Å². The zero-order valence-electron chi connectivity index (χ0n) is 16.1. The van der Waals surface area contributed by atoms with E-state index in [1.807, 2.05) is 31.2 Å². The minimum absolute atomic E-state index is 0.104. The Kier molecular flexibility index (Phi) is 6.43. The van der Waals surface area contributed by atoms with Crippen molar-refractivity contribution >= 4 is 27.5 Å². The van der Waals surface area contributed by atoms with Crippen molar-refractivity contribution in [1.82, 2.24) is 9.62 Å². The summed E-state index contributed by atoms with van der Waals surface area (Å²) in [4.78, 5) is 12.7. The quantitative estimate of drug-likeness (QED) is 0.794. The zero-order chi connectivity index (χ0) is 20.3. The van der Waals surface area contributed by atoms with E-state index in [9.17, 15) is 13.2 Å². The molecule has 0 radical (unpaired) electrons. The lowest BCUT2D eigenvalue weighted by Gasteiger charge is -2.29. The van der Waals surface area contributed by atoms with Crippen molar-refractivity contribution < 1.29 is 13.2 Å². The van der Waals surface area contributed by atoms with Gasteiger partial charge in [0.15, 0.2) is 0 Å². The molecule has 0 spiro atoms. The van der Waals surface area contributed by atoms with Gasteiger partial charge < -0.3 is 5.32 Å². The lowest BCUT2D eigenvalue weighted by molar-refractivity contribution is 0.0951. The van der Waals surface area contributed by atoms with Crippen LogP contribution in [-0.2, 0) is 16.6 Å². The van der Waals surface area contributed by atoms with E-state index in [1.165, 1.54) is 22.5 Å². The second kappa shape index (κ2) is 8.64. The Morgan fingerprint density at radius 1 is 1.18 bits per heavy atom. The number of hydrogen-bond acceptors (Lipinski definition) is 3. The first kappa shape index (κ1) is 20.8. The predicted octanol–water partition coefficient (Wildman–Crippen LogP) is 4.00. The molecule has 150 valence electrons. The Hall–Kier alpha value is -1.89. The SMILES string of the molecule is Cc1ccccc1CNC(=O)c1cc(S(=O)(=O)N2CCC(C)CC2)ccc1Cl. The summed E-state index contributed by atoms with van der Waals surface area (Å²) in [6, 6.07) is 12.1. The lowest BCUT2D eigenvalue weighted by atomic mass is 10.0. The van der Waals surface area contributed by atoms with Gasteiger partial charge in [0.2, 0.25) is 10.0 Å². The molecule has 2 aromatic carbocycles. The molecule has 1 aliphatic rings. The minimum Gasteiger partial charge on any atom is -0.348 e. The molecule has 7 heteroatoms. The van der Waals surface area contributed by atoms with Crippen LogP contribution in [0.5, 0.6) is 0 Å². The number of hydrogen-bond donors (Lipinski definition) is 1. The summed E-state index contributed by atoms with van der Waals surface area (Å²) in [7, 11) is -3.64. The van der Waals surface area contributed by atoms with E-state index in [-0.39, 0.29) is 15.5 Å². The van der Waals surface area contributed by atoms with Gasteiger partial charge in [0.05, 0.1) is 15.5 Å². The van der Waals surface area contributed by atoms with E-state index in [2.05, 4.69) is 12.2 Å². The van der Waals surface area contributed by atoms with E-state index >= 15 is 0 Å². The van der Waals surface area contributed by atoms with Crippen LogP contribution in [0.15, 0.2) is 47.4 Å². The topological polar surface area (TPSA) is 66.5 Å². The molecule has 1 heterocycles. The van der Waals surface area contributed by atoms with Crippen LogP contribution in [0, 0.1) is 12.8 Å². The van der Waals surface area contributed by atoms with Gasteiger partial charge in [-0.2, -0.15) is 4.31 Å². The molecule has 3 rings (SSSR count). The van der Waals surface area contributed by atoms with E-state index in [4.69, 9.17) is 11.6 Å². The minimum atomic E-state index is -3.64. The van der Waals surface area contributed by atoms with Gasteiger partial charge in [-0.25, -0.2) is 8.42 Å². The molecular formula is C21H25ClN2O3S. The second-order valence-corrected chi connectivity index (χ2v) is 9.68. The van der Waals surface area contributed by atoms with Crippen molar-refractivity contribution in [2.45, 2.75) is 38.1 Å². The molecule has 1 N–H and O–H groups in total. The summed E-state index contributed by atoms with van der Waals surface area (Å²) in [5, 5.41) is 3.06. The van der Waals surface area contributed by atoms with Crippen LogP contribution >= 0.6 is 11.6 Å². The smallest absolute Gasteiger partial charge is 0.253 e. The summed E-state index contributed by atoms with van der Waals surface area (Å²) in [6.45, 7) is 5.45. The zero-order valence-corrected chi connectivity index (χ0v) is 17.7. The Balaban J connectivity index is 1.79. The highest BCUT2D eigenvalue weighted by molar-refractivity contribution is 7.89. The largest absolute Gasteiger partial charge is 0.348 e. The molecule has 0 aliphatic carbocycles. The van der Waals surface area contributed by atoms with Crippen LogP contribution < -0.4 is 5.32 Å². The number of sulfonamides is 1. The third kappa shape index (κ3) is 4.57. The fraction of sp³-hybridized carbons (Fsp3) is 0.381. The molecule has 0 unspecified atom stereocenters. The normalized spacial score (nSPS) is 16.1. The number of aryl methyl sites for hydroxylation is 1. The Morgan fingerprint density at radius 3 is 2.54 bits per heavy atom. The number of rotatable bonds is 5. The maximum Gasteiger partial charge on any atom is 0.253 e.